The van der Waals surface area contributed by atoms with E-state index >= 15 is 0 Å². The van der Waals surface area contributed by atoms with Gasteiger partial charge in [-0.15, -0.1) is 0 Å². The highest BCUT2D eigenvalue weighted by atomic mass is 32.2. The van der Waals surface area contributed by atoms with Crippen LogP contribution in [-0.2, 0) is 27.3 Å². The second kappa shape index (κ2) is 6.32. The SMILES string of the molecule is Cn1nc(C(C)(C)C)cc1C(=O)N1CCC(C)(C(=O)NS(=O)(=O)C2CC2)C1. The number of aromatic nitrogens is 2. The number of sulfonamides is 1. The molecule has 9 heteroatoms. The Balaban J connectivity index is 1.72. The molecule has 1 unspecified atom stereocenters. The highest BCUT2D eigenvalue weighted by molar-refractivity contribution is 7.90. The van der Waals surface area contributed by atoms with E-state index < -0.39 is 26.6 Å². The van der Waals surface area contributed by atoms with Crippen molar-refractivity contribution < 1.29 is 18.0 Å². The minimum absolute atomic E-state index is 0.174. The molecule has 27 heavy (non-hydrogen) atoms. The summed E-state index contributed by atoms with van der Waals surface area (Å²) in [6.45, 7) is 8.39. The molecule has 1 atom stereocenters. The molecule has 1 saturated carbocycles. The molecule has 1 aromatic heterocycles. The fourth-order valence-electron chi connectivity index (χ4n) is 3.23. The normalized spacial score (nSPS) is 23.5. The maximum Gasteiger partial charge on any atom is 0.272 e. The van der Waals surface area contributed by atoms with Crippen LogP contribution in [0.1, 0.15) is 63.1 Å². The van der Waals surface area contributed by atoms with Gasteiger partial charge in [0, 0.05) is 25.6 Å². The quantitative estimate of drug-likeness (QED) is 0.823. The Labute approximate surface area is 160 Å². The molecule has 8 nitrogen and oxygen atoms in total. The fraction of sp³-hybridized carbons (Fsp3) is 0.722. The van der Waals surface area contributed by atoms with Gasteiger partial charge >= 0.3 is 0 Å². The molecule has 2 amide bonds. The van der Waals surface area contributed by atoms with E-state index in [9.17, 15) is 18.0 Å². The molecular formula is C18H28N4O4S. The van der Waals surface area contributed by atoms with Crippen molar-refractivity contribution in [3.05, 3.63) is 17.5 Å². The Bertz CT molecular complexity index is 880. The summed E-state index contributed by atoms with van der Waals surface area (Å²) in [5.74, 6) is -0.716. The largest absolute Gasteiger partial charge is 0.336 e. The number of amides is 2. The van der Waals surface area contributed by atoms with Crippen LogP contribution in [0.2, 0.25) is 0 Å². The molecule has 3 rings (SSSR count). The third-order valence-electron chi connectivity index (χ3n) is 5.37. The standard InChI is InChI=1S/C18H28N4O4S/c1-17(2,3)14-10-13(21(5)19-14)15(23)22-9-8-18(4,11-22)16(24)20-27(25,26)12-6-7-12/h10,12H,6-9,11H2,1-5H3,(H,20,24). The van der Waals surface area contributed by atoms with Gasteiger partial charge in [0.1, 0.15) is 5.69 Å². The van der Waals surface area contributed by atoms with E-state index in [1.54, 1.807) is 29.6 Å². The Morgan fingerprint density at radius 2 is 1.93 bits per heavy atom. The minimum Gasteiger partial charge on any atom is -0.336 e. The summed E-state index contributed by atoms with van der Waals surface area (Å²) in [7, 11) is -1.86. The Morgan fingerprint density at radius 3 is 2.44 bits per heavy atom. The number of nitrogens with zero attached hydrogens (tertiary/aromatic N) is 3. The van der Waals surface area contributed by atoms with E-state index in [1.165, 1.54) is 0 Å². The summed E-state index contributed by atoms with van der Waals surface area (Å²) in [5.41, 5.74) is 0.203. The maximum atomic E-state index is 12.9. The van der Waals surface area contributed by atoms with Crippen LogP contribution in [0.15, 0.2) is 6.07 Å². The van der Waals surface area contributed by atoms with Gasteiger partial charge in [0.05, 0.1) is 16.4 Å². The smallest absolute Gasteiger partial charge is 0.272 e. The topological polar surface area (TPSA) is 101 Å². The van der Waals surface area contributed by atoms with E-state index in [1.807, 2.05) is 20.8 Å². The lowest BCUT2D eigenvalue weighted by Gasteiger charge is -2.23. The van der Waals surface area contributed by atoms with Crippen molar-refractivity contribution in [1.82, 2.24) is 19.4 Å². The van der Waals surface area contributed by atoms with Crippen LogP contribution < -0.4 is 4.72 Å². The Hall–Kier alpha value is -1.90. The zero-order valence-electron chi connectivity index (χ0n) is 16.6. The predicted molar refractivity (Wildman–Crippen MR) is 101 cm³/mol. The number of hydrogen-bond donors (Lipinski definition) is 1. The lowest BCUT2D eigenvalue weighted by Crippen LogP contribution is -2.45. The second-order valence-corrected chi connectivity index (χ2v) is 11.0. The van der Waals surface area contributed by atoms with Crippen LogP contribution in [0, 0.1) is 5.41 Å². The molecule has 1 aliphatic heterocycles. The lowest BCUT2D eigenvalue weighted by molar-refractivity contribution is -0.127. The zero-order valence-corrected chi connectivity index (χ0v) is 17.4. The first-order chi connectivity index (χ1) is 12.3. The Kier molecular flexibility index (Phi) is 4.65. The minimum atomic E-state index is -3.59. The number of carbonyl (C=O) groups excluding carboxylic acids is 2. The summed E-state index contributed by atoms with van der Waals surface area (Å²) in [6, 6.07) is 1.79. The van der Waals surface area contributed by atoms with Crippen LogP contribution >= 0.6 is 0 Å². The molecule has 2 fully saturated rings. The molecule has 2 heterocycles. The van der Waals surface area contributed by atoms with Gasteiger partial charge in [-0.1, -0.05) is 20.8 Å². The number of nitrogens with one attached hydrogen (secondary N) is 1. The van der Waals surface area contributed by atoms with Gasteiger partial charge in [0.15, 0.2) is 0 Å². The molecule has 0 aromatic carbocycles. The average Bonchev–Trinajstić information content (AvgIpc) is 3.23. The van der Waals surface area contributed by atoms with E-state index in [-0.39, 0.29) is 17.9 Å². The van der Waals surface area contributed by atoms with E-state index in [0.29, 0.717) is 31.5 Å². The second-order valence-electron chi connectivity index (χ2n) is 9.00. The summed E-state index contributed by atoms with van der Waals surface area (Å²) in [4.78, 5) is 27.1. The molecule has 1 aromatic rings. The Morgan fingerprint density at radius 1 is 1.30 bits per heavy atom. The monoisotopic (exact) mass is 396 g/mol. The molecule has 1 saturated heterocycles. The van der Waals surface area contributed by atoms with Gasteiger partial charge in [-0.3, -0.25) is 19.0 Å². The molecule has 0 bridgehead atoms. The molecule has 1 aliphatic carbocycles. The van der Waals surface area contributed by atoms with Gasteiger partial charge in [-0.05, 0) is 32.3 Å². The van der Waals surface area contributed by atoms with Gasteiger partial charge in [-0.2, -0.15) is 5.10 Å². The number of aryl methyl sites for hydroxylation is 1. The van der Waals surface area contributed by atoms with Crippen molar-refractivity contribution >= 4 is 21.8 Å². The van der Waals surface area contributed by atoms with E-state index in [4.69, 9.17) is 0 Å². The summed E-state index contributed by atoms with van der Waals surface area (Å²) < 4.78 is 27.9. The molecule has 150 valence electrons. The third-order valence-corrected chi connectivity index (χ3v) is 7.19. The number of likely N-dealkylation sites (tertiary alicyclic amines) is 1. The molecular weight excluding hydrogens is 368 g/mol. The first-order valence-corrected chi connectivity index (χ1v) is 10.8. The highest BCUT2D eigenvalue weighted by Gasteiger charge is 2.46. The van der Waals surface area contributed by atoms with Crippen molar-refractivity contribution in [1.29, 1.82) is 0 Å². The average molecular weight is 397 g/mol. The van der Waals surface area contributed by atoms with Crippen molar-refractivity contribution in [2.45, 2.75) is 57.6 Å². The predicted octanol–water partition coefficient (Wildman–Crippen LogP) is 1.18. The molecule has 0 radical (unpaired) electrons. The lowest BCUT2D eigenvalue weighted by atomic mass is 9.89. The number of hydrogen-bond acceptors (Lipinski definition) is 5. The number of carbonyl (C=O) groups is 2. The summed E-state index contributed by atoms with van der Waals surface area (Å²) >= 11 is 0. The zero-order chi connectivity index (χ0) is 20.2. The fourth-order valence-corrected chi connectivity index (χ4v) is 4.66. The van der Waals surface area contributed by atoms with Crippen molar-refractivity contribution in [2.24, 2.45) is 12.5 Å². The van der Waals surface area contributed by atoms with Gasteiger partial charge in [-0.25, -0.2) is 8.42 Å². The van der Waals surface area contributed by atoms with Crippen molar-refractivity contribution in [3.8, 4) is 0 Å². The highest BCUT2D eigenvalue weighted by Crippen LogP contribution is 2.33. The summed E-state index contributed by atoms with van der Waals surface area (Å²) in [5, 5.41) is 3.98. The molecule has 1 N–H and O–H groups in total. The van der Waals surface area contributed by atoms with Gasteiger partial charge < -0.3 is 4.90 Å². The van der Waals surface area contributed by atoms with E-state index in [0.717, 1.165) is 5.69 Å². The van der Waals surface area contributed by atoms with Crippen LogP contribution in [0.25, 0.3) is 0 Å². The number of rotatable bonds is 4. The van der Waals surface area contributed by atoms with Gasteiger partial charge in [0.25, 0.3) is 5.91 Å². The molecule has 0 spiro atoms. The van der Waals surface area contributed by atoms with Crippen LogP contribution in [0.3, 0.4) is 0 Å². The van der Waals surface area contributed by atoms with Crippen LogP contribution in [0.5, 0.6) is 0 Å². The van der Waals surface area contributed by atoms with Crippen molar-refractivity contribution in [3.63, 3.8) is 0 Å². The third kappa shape index (κ3) is 3.88. The van der Waals surface area contributed by atoms with Crippen molar-refractivity contribution in [2.75, 3.05) is 13.1 Å². The summed E-state index contributed by atoms with van der Waals surface area (Å²) in [6.07, 6.45) is 1.62. The first kappa shape index (κ1) is 19.9. The maximum absolute atomic E-state index is 12.9. The molecule has 2 aliphatic rings. The first-order valence-electron chi connectivity index (χ1n) is 9.23. The van der Waals surface area contributed by atoms with E-state index in [2.05, 4.69) is 9.82 Å². The van der Waals surface area contributed by atoms with Crippen LogP contribution in [-0.4, -0.2) is 53.3 Å². The van der Waals surface area contributed by atoms with Gasteiger partial charge in [0.2, 0.25) is 15.9 Å². The van der Waals surface area contributed by atoms with Crippen LogP contribution in [0.4, 0.5) is 0 Å².